The van der Waals surface area contributed by atoms with E-state index < -0.39 is 17.8 Å². The van der Waals surface area contributed by atoms with Gasteiger partial charge in [-0.3, -0.25) is 4.79 Å². The third-order valence-electron chi connectivity index (χ3n) is 6.41. The number of phenols is 2. The minimum Gasteiger partial charge on any atom is -0.507 e. The molecule has 1 amide bonds. The van der Waals surface area contributed by atoms with Crippen molar-refractivity contribution in [2.75, 3.05) is 19.7 Å². The number of benzene rings is 1. The first-order chi connectivity index (χ1) is 17.3. The maximum absolute atomic E-state index is 13.0. The highest BCUT2D eigenvalue weighted by atomic mass is 35.5. The molecule has 0 spiro atoms. The monoisotopic (exact) mass is 518 g/mol. The highest BCUT2D eigenvalue weighted by molar-refractivity contribution is 6.33. The van der Waals surface area contributed by atoms with Crippen LogP contribution in [0.15, 0.2) is 35.5 Å². The number of hydrogen-bond acceptors (Lipinski definition) is 8. The Morgan fingerprint density at radius 1 is 1.19 bits per heavy atom. The number of aromatic hydroxyl groups is 2. The summed E-state index contributed by atoms with van der Waals surface area (Å²) in [6.07, 6.45) is 11.1. The van der Waals surface area contributed by atoms with Gasteiger partial charge in [0.1, 0.15) is 29.3 Å². The van der Waals surface area contributed by atoms with Crippen LogP contribution in [0, 0.1) is 0 Å². The molecule has 3 atom stereocenters. The Hall–Kier alpha value is -3.04. The third-order valence-corrected chi connectivity index (χ3v) is 6.83. The van der Waals surface area contributed by atoms with E-state index in [1.807, 2.05) is 12.2 Å². The first-order valence-electron chi connectivity index (χ1n) is 12.2. The number of halogens is 1. The number of hydrogen-bond donors (Lipinski definition) is 2. The summed E-state index contributed by atoms with van der Waals surface area (Å²) in [5.41, 5.74) is 0.300. The quantitative estimate of drug-likeness (QED) is 0.353. The Morgan fingerprint density at radius 2 is 1.94 bits per heavy atom. The maximum atomic E-state index is 13.0. The molecule has 2 fully saturated rings. The van der Waals surface area contributed by atoms with Crippen LogP contribution in [0.2, 0.25) is 5.02 Å². The molecule has 1 aromatic carbocycles. The van der Waals surface area contributed by atoms with Crippen LogP contribution < -0.4 is 0 Å². The fraction of sp³-hybridized carbons (Fsp3) is 0.500. The van der Waals surface area contributed by atoms with Crippen molar-refractivity contribution in [2.45, 2.75) is 63.8 Å². The number of carbonyl (C=O) groups is 2. The topological polar surface area (TPSA) is 121 Å². The highest BCUT2D eigenvalue weighted by Gasteiger charge is 2.38. The van der Waals surface area contributed by atoms with Gasteiger partial charge in [0.15, 0.2) is 6.61 Å². The minimum atomic E-state index is -0.776. The lowest BCUT2D eigenvalue weighted by molar-refractivity contribution is -0.136. The van der Waals surface area contributed by atoms with Crippen LogP contribution in [0.4, 0.5) is 0 Å². The van der Waals surface area contributed by atoms with Crippen molar-refractivity contribution in [1.82, 2.24) is 4.90 Å². The van der Waals surface area contributed by atoms with Gasteiger partial charge in [-0.25, -0.2) is 4.79 Å². The first kappa shape index (κ1) is 26.0. The molecule has 3 heterocycles. The van der Waals surface area contributed by atoms with E-state index in [4.69, 9.17) is 25.9 Å². The van der Waals surface area contributed by atoms with E-state index >= 15 is 0 Å². The molecule has 0 aromatic heterocycles. The molecule has 1 aromatic rings. The summed E-state index contributed by atoms with van der Waals surface area (Å²) < 4.78 is 11.1. The maximum Gasteiger partial charge on any atom is 0.342 e. The van der Waals surface area contributed by atoms with Crippen LogP contribution in [-0.2, 0) is 25.5 Å². The van der Waals surface area contributed by atoms with Crippen LogP contribution in [0.1, 0.15) is 54.9 Å². The normalized spacial score (nSPS) is 27.6. The van der Waals surface area contributed by atoms with E-state index in [1.54, 1.807) is 24.0 Å². The lowest BCUT2D eigenvalue weighted by Crippen LogP contribution is -2.34. The Bertz CT molecular complexity index is 1080. The van der Waals surface area contributed by atoms with Gasteiger partial charge in [0.05, 0.1) is 16.8 Å². The summed E-state index contributed by atoms with van der Waals surface area (Å²) >= 11 is 6.35. The molecule has 0 bridgehead atoms. The highest BCUT2D eigenvalue weighted by Crippen LogP contribution is 2.38. The molecule has 2 saturated heterocycles. The summed E-state index contributed by atoms with van der Waals surface area (Å²) in [7, 11) is 0. The number of amides is 1. The Labute approximate surface area is 214 Å². The zero-order chi connectivity index (χ0) is 25.7. The molecule has 9 nitrogen and oxygen atoms in total. The third kappa shape index (κ3) is 6.59. The number of likely N-dealkylation sites (tertiary alicyclic amines) is 1. The molecule has 4 rings (SSSR count). The van der Waals surface area contributed by atoms with E-state index in [-0.39, 0.29) is 53.0 Å². The van der Waals surface area contributed by atoms with Crippen molar-refractivity contribution in [3.05, 3.63) is 46.5 Å². The molecule has 2 N–H and O–H groups in total. The van der Waals surface area contributed by atoms with Gasteiger partial charge in [-0.05, 0) is 31.4 Å². The van der Waals surface area contributed by atoms with Crippen molar-refractivity contribution in [3.63, 3.8) is 0 Å². The molecule has 36 heavy (non-hydrogen) atoms. The average molecular weight is 519 g/mol. The zero-order valence-electron chi connectivity index (χ0n) is 20.2. The fourth-order valence-electron chi connectivity index (χ4n) is 4.43. The summed E-state index contributed by atoms with van der Waals surface area (Å²) in [6, 6.07) is 1.00. The van der Waals surface area contributed by atoms with Gasteiger partial charge in [-0.1, -0.05) is 47.8 Å². The van der Waals surface area contributed by atoms with Crippen LogP contribution in [0.25, 0.3) is 0 Å². The van der Waals surface area contributed by atoms with E-state index in [0.29, 0.717) is 25.2 Å². The average Bonchev–Trinajstić information content (AvgIpc) is 3.61. The minimum absolute atomic E-state index is 0.0651. The Kier molecular flexibility index (Phi) is 8.53. The number of oxime groups is 1. The van der Waals surface area contributed by atoms with Gasteiger partial charge in [0, 0.05) is 32.0 Å². The van der Waals surface area contributed by atoms with Crippen molar-refractivity contribution >= 4 is 29.2 Å². The SMILES string of the molecule is C[C@@H]1C[C@H]2O[C@@H]2\C=C/C=C/C(=N\OCC(=O)N2CCCCCC2)Cc2c(Cl)c(O)cc(O)c2C(=O)O1. The standard InChI is InChI=1S/C26H31ClN2O7/c1-16-12-22-21(36-22)9-5-4-8-17(28-34-15-23(32)29-10-6-2-3-7-11-29)13-18-24(26(33)35-16)19(30)14-20(31)25(18)27/h4-5,8-9,14,16,21-22,30-31H,2-3,6-7,10-13,15H2,1H3/b8-4+,9-5-,28-17+/t16-,21-,22-/m1/s1. The predicted molar refractivity (Wildman–Crippen MR) is 133 cm³/mol. The number of allylic oxidation sites excluding steroid dienone is 3. The summed E-state index contributed by atoms with van der Waals surface area (Å²) in [5, 5.41) is 24.7. The molecule has 0 aliphatic carbocycles. The van der Waals surface area contributed by atoms with Crippen LogP contribution in [-0.4, -0.2) is 70.7 Å². The van der Waals surface area contributed by atoms with Gasteiger partial charge in [-0.15, -0.1) is 0 Å². The van der Waals surface area contributed by atoms with E-state index in [2.05, 4.69) is 5.16 Å². The predicted octanol–water partition coefficient (Wildman–Crippen LogP) is 3.90. The van der Waals surface area contributed by atoms with Crippen LogP contribution >= 0.6 is 11.6 Å². The number of phenolic OH excluding ortho intramolecular Hbond substituents is 2. The molecule has 194 valence electrons. The second kappa shape index (κ2) is 11.8. The van der Waals surface area contributed by atoms with Crippen LogP contribution in [0.3, 0.4) is 0 Å². The van der Waals surface area contributed by atoms with Crippen molar-refractivity contribution < 1.29 is 34.1 Å². The van der Waals surface area contributed by atoms with Gasteiger partial charge in [-0.2, -0.15) is 0 Å². The second-order valence-electron chi connectivity index (χ2n) is 9.24. The molecular weight excluding hydrogens is 488 g/mol. The Balaban J connectivity index is 1.60. The molecule has 0 saturated carbocycles. The van der Waals surface area contributed by atoms with Gasteiger partial charge in [0.2, 0.25) is 0 Å². The van der Waals surface area contributed by atoms with Crippen molar-refractivity contribution in [1.29, 1.82) is 0 Å². The number of nitrogens with zero attached hydrogens (tertiary/aromatic N) is 2. The number of cyclic esters (lactones) is 1. The van der Waals surface area contributed by atoms with Crippen LogP contribution in [0.5, 0.6) is 11.5 Å². The second-order valence-corrected chi connectivity index (χ2v) is 9.62. The van der Waals surface area contributed by atoms with Crippen molar-refractivity contribution in [3.8, 4) is 11.5 Å². The Morgan fingerprint density at radius 3 is 2.69 bits per heavy atom. The number of epoxide rings is 1. The lowest BCUT2D eigenvalue weighted by atomic mass is 9.99. The molecule has 0 radical (unpaired) electrons. The summed E-state index contributed by atoms with van der Waals surface area (Å²) in [5.74, 6) is -1.77. The molecule has 3 aliphatic heterocycles. The van der Waals surface area contributed by atoms with Gasteiger partial charge < -0.3 is 29.4 Å². The summed E-state index contributed by atoms with van der Waals surface area (Å²) in [6.45, 7) is 2.93. The smallest absolute Gasteiger partial charge is 0.342 e. The number of fused-ring (bicyclic) bond motifs is 2. The number of carbonyl (C=O) groups excluding carboxylic acids is 2. The summed E-state index contributed by atoms with van der Waals surface area (Å²) in [4.78, 5) is 32.7. The zero-order valence-corrected chi connectivity index (χ0v) is 20.9. The van der Waals surface area contributed by atoms with E-state index in [9.17, 15) is 19.8 Å². The molecule has 3 aliphatic rings. The fourth-order valence-corrected chi connectivity index (χ4v) is 4.65. The van der Waals surface area contributed by atoms with Crippen molar-refractivity contribution in [2.24, 2.45) is 5.16 Å². The lowest BCUT2D eigenvalue weighted by Gasteiger charge is -2.19. The molecular formula is C26H31ClN2O7. The number of esters is 1. The first-order valence-corrected chi connectivity index (χ1v) is 12.6. The van der Waals surface area contributed by atoms with Gasteiger partial charge >= 0.3 is 5.97 Å². The molecule has 10 heteroatoms. The van der Waals surface area contributed by atoms with Gasteiger partial charge in [0.25, 0.3) is 5.91 Å². The van der Waals surface area contributed by atoms with E-state index in [1.165, 1.54) is 0 Å². The largest absolute Gasteiger partial charge is 0.507 e. The van der Waals surface area contributed by atoms with E-state index in [0.717, 1.165) is 31.7 Å². The number of rotatable bonds is 3. The number of ether oxygens (including phenoxy) is 2. The molecule has 0 unspecified atom stereocenters.